The van der Waals surface area contributed by atoms with E-state index in [4.69, 9.17) is 0 Å². The maximum atomic E-state index is 12.7. The van der Waals surface area contributed by atoms with Crippen molar-refractivity contribution in [3.63, 3.8) is 0 Å². The fraction of sp³-hybridized carbons (Fsp3) is 0.571. The third-order valence-electron chi connectivity index (χ3n) is 4.09. The third kappa shape index (κ3) is 3.63. The predicted octanol–water partition coefficient (Wildman–Crippen LogP) is 3.71. The van der Waals surface area contributed by atoms with Crippen LogP contribution in [0.5, 0.6) is 0 Å². The number of para-hydroxylation sites is 1. The topological polar surface area (TPSA) is 77.3 Å². The first-order valence-corrected chi connectivity index (χ1v) is 9.70. The molecular weight excluding hydrogens is 358 g/mol. The van der Waals surface area contributed by atoms with Crippen molar-refractivity contribution < 1.29 is 13.3 Å². The van der Waals surface area contributed by atoms with E-state index in [0.717, 1.165) is 32.1 Å². The minimum atomic E-state index is -3.68. The van der Waals surface area contributed by atoms with Crippen molar-refractivity contribution in [1.29, 1.82) is 0 Å². The highest BCUT2D eigenvalue weighted by Gasteiger charge is 2.38. The SMILES string of the molecule is O=[N+]([O-])c1ccccc1S(=O)(=O)CC1(CBr)CCCCC1. The lowest BCUT2D eigenvalue weighted by molar-refractivity contribution is -0.387. The van der Waals surface area contributed by atoms with Crippen molar-refractivity contribution in [2.24, 2.45) is 5.41 Å². The molecule has 1 aromatic rings. The Hall–Kier alpha value is -0.950. The second kappa shape index (κ2) is 6.44. The highest BCUT2D eigenvalue weighted by atomic mass is 79.9. The molecule has 1 aliphatic carbocycles. The highest BCUT2D eigenvalue weighted by molar-refractivity contribution is 9.09. The Morgan fingerprint density at radius 3 is 2.38 bits per heavy atom. The van der Waals surface area contributed by atoms with Gasteiger partial charge in [0.15, 0.2) is 9.84 Å². The number of sulfone groups is 1. The van der Waals surface area contributed by atoms with Gasteiger partial charge in [-0.1, -0.05) is 47.3 Å². The molecule has 0 radical (unpaired) electrons. The van der Waals surface area contributed by atoms with Crippen LogP contribution in [0, 0.1) is 15.5 Å². The molecule has 1 saturated carbocycles. The van der Waals surface area contributed by atoms with E-state index in [2.05, 4.69) is 15.9 Å². The van der Waals surface area contributed by atoms with Gasteiger partial charge in [0, 0.05) is 11.4 Å². The summed E-state index contributed by atoms with van der Waals surface area (Å²) in [5.74, 6) is -0.0316. The Morgan fingerprint density at radius 2 is 1.81 bits per heavy atom. The molecule has 0 aliphatic heterocycles. The van der Waals surface area contributed by atoms with E-state index in [-0.39, 0.29) is 21.8 Å². The lowest BCUT2D eigenvalue weighted by Crippen LogP contribution is -2.34. The molecular formula is C14H18BrNO4S. The number of hydrogen-bond acceptors (Lipinski definition) is 4. The van der Waals surface area contributed by atoms with Crippen LogP contribution in [0.4, 0.5) is 5.69 Å². The number of hydrogen-bond donors (Lipinski definition) is 0. The Morgan fingerprint density at radius 1 is 1.19 bits per heavy atom. The highest BCUT2D eigenvalue weighted by Crippen LogP contribution is 2.41. The Kier molecular flexibility index (Phi) is 5.03. The van der Waals surface area contributed by atoms with E-state index in [0.29, 0.717) is 5.33 Å². The number of nitro benzene ring substituents is 1. The van der Waals surface area contributed by atoms with Crippen LogP contribution < -0.4 is 0 Å². The van der Waals surface area contributed by atoms with E-state index < -0.39 is 14.8 Å². The van der Waals surface area contributed by atoms with Crippen molar-refractivity contribution >= 4 is 31.5 Å². The first kappa shape index (κ1) is 16.4. The molecule has 116 valence electrons. The molecule has 0 spiro atoms. The number of halogens is 1. The van der Waals surface area contributed by atoms with Crippen LogP contribution >= 0.6 is 15.9 Å². The molecule has 0 atom stereocenters. The smallest absolute Gasteiger partial charge is 0.258 e. The van der Waals surface area contributed by atoms with Gasteiger partial charge in [-0.15, -0.1) is 0 Å². The minimum absolute atomic E-state index is 0.0316. The quantitative estimate of drug-likeness (QED) is 0.446. The summed E-state index contributed by atoms with van der Waals surface area (Å²) in [7, 11) is -3.68. The number of benzene rings is 1. The summed E-state index contributed by atoms with van der Waals surface area (Å²) in [6.07, 6.45) is 4.84. The summed E-state index contributed by atoms with van der Waals surface area (Å²) >= 11 is 3.44. The van der Waals surface area contributed by atoms with Gasteiger partial charge in [0.1, 0.15) is 4.90 Å². The van der Waals surface area contributed by atoms with Crippen LogP contribution in [0.3, 0.4) is 0 Å². The van der Waals surface area contributed by atoms with Gasteiger partial charge in [-0.2, -0.15) is 0 Å². The van der Waals surface area contributed by atoms with Gasteiger partial charge in [-0.25, -0.2) is 8.42 Å². The van der Waals surface area contributed by atoms with Gasteiger partial charge in [-0.05, 0) is 24.3 Å². The molecule has 0 amide bonds. The summed E-state index contributed by atoms with van der Waals surface area (Å²) in [5.41, 5.74) is -0.640. The lowest BCUT2D eigenvalue weighted by Gasteiger charge is -2.35. The first-order valence-electron chi connectivity index (χ1n) is 6.92. The molecule has 1 fully saturated rings. The summed E-state index contributed by atoms with van der Waals surface area (Å²) in [5, 5.41) is 11.7. The predicted molar refractivity (Wildman–Crippen MR) is 84.5 cm³/mol. The fourth-order valence-electron chi connectivity index (χ4n) is 2.97. The Balaban J connectivity index is 2.36. The van der Waals surface area contributed by atoms with Crippen LogP contribution in [0.2, 0.25) is 0 Å². The van der Waals surface area contributed by atoms with Gasteiger partial charge < -0.3 is 0 Å². The molecule has 7 heteroatoms. The largest absolute Gasteiger partial charge is 0.287 e. The van der Waals surface area contributed by atoms with Gasteiger partial charge in [0.2, 0.25) is 0 Å². The lowest BCUT2D eigenvalue weighted by atomic mass is 9.77. The number of nitro groups is 1. The molecule has 0 aromatic heterocycles. The van der Waals surface area contributed by atoms with Crippen LogP contribution in [0.25, 0.3) is 0 Å². The van der Waals surface area contributed by atoms with E-state index in [1.165, 1.54) is 24.3 Å². The Bertz CT molecular complexity index is 624. The summed E-state index contributed by atoms with van der Waals surface area (Å²) in [6.45, 7) is 0. The Labute approximate surface area is 132 Å². The molecule has 0 bridgehead atoms. The molecule has 1 aromatic carbocycles. The summed E-state index contributed by atoms with van der Waals surface area (Å²) in [6, 6.07) is 5.59. The van der Waals surface area contributed by atoms with E-state index >= 15 is 0 Å². The number of nitrogens with zero attached hydrogens (tertiary/aromatic N) is 1. The van der Waals surface area contributed by atoms with Crippen LogP contribution in [-0.2, 0) is 9.84 Å². The zero-order chi connectivity index (χ0) is 15.5. The van der Waals surface area contributed by atoms with Crippen molar-refractivity contribution in [3.8, 4) is 0 Å². The second-order valence-electron chi connectivity index (χ2n) is 5.68. The molecule has 2 rings (SSSR count). The molecule has 21 heavy (non-hydrogen) atoms. The van der Waals surface area contributed by atoms with E-state index in [1.807, 2.05) is 0 Å². The normalized spacial score (nSPS) is 18.3. The maximum Gasteiger partial charge on any atom is 0.287 e. The minimum Gasteiger partial charge on any atom is -0.258 e. The summed E-state index contributed by atoms with van der Waals surface area (Å²) < 4.78 is 25.3. The zero-order valence-corrected chi connectivity index (χ0v) is 14.0. The molecule has 0 unspecified atom stereocenters. The van der Waals surface area contributed by atoms with Gasteiger partial charge in [-0.3, -0.25) is 10.1 Å². The summed E-state index contributed by atoms with van der Waals surface area (Å²) in [4.78, 5) is 10.2. The van der Waals surface area contributed by atoms with Gasteiger partial charge in [0.05, 0.1) is 10.7 Å². The van der Waals surface area contributed by atoms with E-state index in [1.54, 1.807) is 0 Å². The third-order valence-corrected chi connectivity index (χ3v) is 7.29. The average molecular weight is 376 g/mol. The van der Waals surface area contributed by atoms with Crippen molar-refractivity contribution in [3.05, 3.63) is 34.4 Å². The second-order valence-corrected chi connectivity index (χ2v) is 8.20. The van der Waals surface area contributed by atoms with Crippen LogP contribution in [0.1, 0.15) is 32.1 Å². The van der Waals surface area contributed by atoms with Gasteiger partial charge >= 0.3 is 0 Å². The van der Waals surface area contributed by atoms with Crippen LogP contribution in [-0.4, -0.2) is 24.4 Å². The molecule has 0 saturated heterocycles. The van der Waals surface area contributed by atoms with Crippen molar-refractivity contribution in [2.45, 2.75) is 37.0 Å². The zero-order valence-electron chi connectivity index (χ0n) is 11.6. The monoisotopic (exact) mass is 375 g/mol. The van der Waals surface area contributed by atoms with Crippen LogP contribution in [0.15, 0.2) is 29.2 Å². The van der Waals surface area contributed by atoms with Gasteiger partial charge in [0.25, 0.3) is 5.69 Å². The first-order chi connectivity index (χ1) is 9.90. The molecule has 0 heterocycles. The molecule has 5 nitrogen and oxygen atoms in total. The average Bonchev–Trinajstić information content (AvgIpc) is 2.47. The van der Waals surface area contributed by atoms with Crippen molar-refractivity contribution in [1.82, 2.24) is 0 Å². The van der Waals surface area contributed by atoms with E-state index in [9.17, 15) is 18.5 Å². The standard InChI is InChI=1S/C14H18BrNO4S/c15-10-14(8-4-1-5-9-14)11-21(19,20)13-7-3-2-6-12(13)16(17)18/h2-3,6-7H,1,4-5,8-11H2. The molecule has 1 aliphatic rings. The van der Waals surface area contributed by atoms with Crippen molar-refractivity contribution in [2.75, 3.05) is 11.1 Å². The maximum absolute atomic E-state index is 12.7. The fourth-order valence-corrected chi connectivity index (χ4v) is 6.09. The number of alkyl halides is 1. The molecule has 0 N–H and O–H groups in total. The number of rotatable bonds is 5.